The van der Waals surface area contributed by atoms with E-state index in [0.29, 0.717) is 17.9 Å². The van der Waals surface area contributed by atoms with Crippen LogP contribution in [0.5, 0.6) is 0 Å². The predicted molar refractivity (Wildman–Crippen MR) is 93.6 cm³/mol. The molecule has 1 rings (SSSR count). The Morgan fingerprint density at radius 2 is 2.00 bits per heavy atom. The zero-order chi connectivity index (χ0) is 19.0. The molecule has 0 aliphatic carbocycles. The molecule has 8 heteroatoms. The molecule has 1 unspecified atom stereocenters. The lowest BCUT2D eigenvalue weighted by Gasteiger charge is -2.21. The predicted octanol–water partition coefficient (Wildman–Crippen LogP) is 2.79. The first-order valence-corrected chi connectivity index (χ1v) is 8.21. The van der Waals surface area contributed by atoms with Crippen LogP contribution in [0.25, 0.3) is 0 Å². The van der Waals surface area contributed by atoms with Crippen molar-refractivity contribution in [3.63, 3.8) is 0 Å². The number of hydrogen-bond donors (Lipinski definition) is 2. The zero-order valence-corrected chi connectivity index (χ0v) is 15.0. The van der Waals surface area contributed by atoms with Gasteiger partial charge in [-0.15, -0.1) is 0 Å². The van der Waals surface area contributed by atoms with Gasteiger partial charge in [0.1, 0.15) is 0 Å². The van der Waals surface area contributed by atoms with E-state index in [1.165, 1.54) is 25.1 Å². The van der Waals surface area contributed by atoms with Crippen molar-refractivity contribution in [2.45, 2.75) is 40.2 Å². The zero-order valence-electron chi connectivity index (χ0n) is 15.0. The van der Waals surface area contributed by atoms with E-state index in [4.69, 9.17) is 4.74 Å². The molecule has 0 saturated heterocycles. The number of nitrogens with one attached hydrogen (secondary N) is 2. The summed E-state index contributed by atoms with van der Waals surface area (Å²) in [5.41, 5.74) is 0.452. The average molecular weight is 351 g/mol. The van der Waals surface area contributed by atoms with Gasteiger partial charge in [0, 0.05) is 29.8 Å². The van der Waals surface area contributed by atoms with Crippen LogP contribution in [-0.2, 0) is 4.74 Å². The van der Waals surface area contributed by atoms with Crippen LogP contribution in [0.3, 0.4) is 0 Å². The number of ether oxygens (including phenoxy) is 1. The number of nitro benzene ring substituents is 1. The van der Waals surface area contributed by atoms with Gasteiger partial charge in [-0.3, -0.25) is 14.9 Å². The number of carbonyl (C=O) groups excluding carboxylic acids is 2. The topological polar surface area (TPSA) is 111 Å². The van der Waals surface area contributed by atoms with E-state index < -0.39 is 16.9 Å². The molecule has 0 bridgehead atoms. The van der Waals surface area contributed by atoms with E-state index in [1.54, 1.807) is 6.92 Å². The fourth-order valence-corrected chi connectivity index (χ4v) is 2.48. The molecule has 0 aliphatic rings. The largest absolute Gasteiger partial charge is 0.450 e. The van der Waals surface area contributed by atoms with Crippen LogP contribution < -0.4 is 10.6 Å². The molecule has 138 valence electrons. The SMILES string of the molecule is CCOC(=O)NC(CNC(=O)c1cccc([N+](=O)[O-])c1C)CC(C)C. The van der Waals surface area contributed by atoms with Gasteiger partial charge in [0.05, 0.1) is 11.5 Å². The molecular formula is C17H25N3O5. The van der Waals surface area contributed by atoms with Crippen molar-refractivity contribution >= 4 is 17.7 Å². The molecule has 1 atom stereocenters. The highest BCUT2D eigenvalue weighted by Crippen LogP contribution is 2.20. The summed E-state index contributed by atoms with van der Waals surface area (Å²) in [6, 6.07) is 4.08. The van der Waals surface area contributed by atoms with Gasteiger partial charge >= 0.3 is 6.09 Å². The van der Waals surface area contributed by atoms with Crippen molar-refractivity contribution in [2.24, 2.45) is 5.92 Å². The molecule has 1 aromatic carbocycles. The first-order valence-electron chi connectivity index (χ1n) is 8.21. The number of benzene rings is 1. The minimum atomic E-state index is -0.533. The molecular weight excluding hydrogens is 326 g/mol. The lowest BCUT2D eigenvalue weighted by Crippen LogP contribution is -2.44. The minimum Gasteiger partial charge on any atom is -0.450 e. The number of amides is 2. The van der Waals surface area contributed by atoms with Crippen molar-refractivity contribution in [1.29, 1.82) is 0 Å². The lowest BCUT2D eigenvalue weighted by atomic mass is 10.0. The van der Waals surface area contributed by atoms with Gasteiger partial charge in [0.25, 0.3) is 11.6 Å². The lowest BCUT2D eigenvalue weighted by molar-refractivity contribution is -0.385. The molecule has 0 radical (unpaired) electrons. The van der Waals surface area contributed by atoms with Gasteiger partial charge in [0.15, 0.2) is 0 Å². The van der Waals surface area contributed by atoms with Crippen LogP contribution in [-0.4, -0.2) is 36.1 Å². The quantitative estimate of drug-likeness (QED) is 0.553. The first kappa shape index (κ1) is 20.4. The highest BCUT2D eigenvalue weighted by atomic mass is 16.6. The maximum atomic E-state index is 12.4. The Hall–Kier alpha value is -2.64. The van der Waals surface area contributed by atoms with Crippen molar-refractivity contribution in [3.8, 4) is 0 Å². The van der Waals surface area contributed by atoms with Crippen LogP contribution in [0.15, 0.2) is 18.2 Å². The molecule has 0 fully saturated rings. The third-order valence-electron chi connectivity index (χ3n) is 3.61. The molecule has 0 aliphatic heterocycles. The summed E-state index contributed by atoms with van der Waals surface area (Å²) < 4.78 is 4.87. The Kier molecular flexibility index (Phi) is 7.84. The highest BCUT2D eigenvalue weighted by Gasteiger charge is 2.20. The molecule has 8 nitrogen and oxygen atoms in total. The average Bonchev–Trinajstić information content (AvgIpc) is 2.51. The van der Waals surface area contributed by atoms with Gasteiger partial charge in [0.2, 0.25) is 0 Å². The summed E-state index contributed by atoms with van der Waals surface area (Å²) in [6.07, 6.45) is 0.126. The summed E-state index contributed by atoms with van der Waals surface area (Å²) in [4.78, 5) is 34.4. The van der Waals surface area contributed by atoms with E-state index in [0.717, 1.165) is 0 Å². The molecule has 25 heavy (non-hydrogen) atoms. The van der Waals surface area contributed by atoms with Crippen LogP contribution in [0.1, 0.15) is 43.1 Å². The second-order valence-corrected chi connectivity index (χ2v) is 6.11. The van der Waals surface area contributed by atoms with Crippen molar-refractivity contribution in [2.75, 3.05) is 13.2 Å². The van der Waals surface area contributed by atoms with Gasteiger partial charge in [-0.1, -0.05) is 19.9 Å². The summed E-state index contributed by atoms with van der Waals surface area (Å²) in [5.74, 6) is -0.107. The fraction of sp³-hybridized carbons (Fsp3) is 0.529. The molecule has 2 N–H and O–H groups in total. The van der Waals surface area contributed by atoms with Crippen LogP contribution in [0.2, 0.25) is 0 Å². The minimum absolute atomic E-state index is 0.101. The number of rotatable bonds is 8. The third kappa shape index (κ3) is 6.40. The second-order valence-electron chi connectivity index (χ2n) is 6.11. The second kappa shape index (κ2) is 9.61. The summed E-state index contributed by atoms with van der Waals surface area (Å²) in [7, 11) is 0. The number of nitrogens with zero attached hydrogens (tertiary/aromatic N) is 1. The maximum Gasteiger partial charge on any atom is 0.407 e. The Bertz CT molecular complexity index is 631. The molecule has 0 spiro atoms. The van der Waals surface area contributed by atoms with E-state index in [2.05, 4.69) is 10.6 Å². The van der Waals surface area contributed by atoms with Crippen LogP contribution >= 0.6 is 0 Å². The monoisotopic (exact) mass is 351 g/mol. The van der Waals surface area contributed by atoms with Gasteiger partial charge in [-0.2, -0.15) is 0 Å². The van der Waals surface area contributed by atoms with E-state index >= 15 is 0 Å². The fourth-order valence-electron chi connectivity index (χ4n) is 2.48. The summed E-state index contributed by atoms with van der Waals surface area (Å²) in [5, 5.41) is 16.4. The third-order valence-corrected chi connectivity index (χ3v) is 3.61. The summed E-state index contributed by atoms with van der Waals surface area (Å²) >= 11 is 0. The molecule has 2 amide bonds. The Labute approximate surface area is 147 Å². The normalized spacial score (nSPS) is 11.7. The number of alkyl carbamates (subject to hydrolysis) is 1. The van der Waals surface area contributed by atoms with E-state index in [1.807, 2.05) is 13.8 Å². The molecule has 0 heterocycles. The van der Waals surface area contributed by atoms with Crippen molar-refractivity contribution in [1.82, 2.24) is 10.6 Å². The molecule has 1 aromatic rings. The molecule has 0 saturated carbocycles. The number of nitro groups is 1. The van der Waals surface area contributed by atoms with Gasteiger partial charge in [-0.05, 0) is 32.3 Å². The number of hydrogen-bond acceptors (Lipinski definition) is 5. The van der Waals surface area contributed by atoms with Crippen molar-refractivity contribution < 1.29 is 19.2 Å². The number of carbonyl (C=O) groups is 2. The standard InChI is InChI=1S/C17H25N3O5/c1-5-25-17(22)19-13(9-11(2)3)10-18-16(21)14-7-6-8-15(12(14)4)20(23)24/h6-8,11,13H,5,9-10H2,1-4H3,(H,18,21)(H,19,22). The smallest absolute Gasteiger partial charge is 0.407 e. The Balaban J connectivity index is 2.78. The van der Waals surface area contributed by atoms with Gasteiger partial charge in [-0.25, -0.2) is 4.79 Å². The maximum absolute atomic E-state index is 12.4. The van der Waals surface area contributed by atoms with Crippen LogP contribution in [0.4, 0.5) is 10.5 Å². The Morgan fingerprint density at radius 3 is 2.56 bits per heavy atom. The van der Waals surface area contributed by atoms with E-state index in [9.17, 15) is 19.7 Å². The van der Waals surface area contributed by atoms with Gasteiger partial charge < -0.3 is 15.4 Å². The highest BCUT2D eigenvalue weighted by molar-refractivity contribution is 5.96. The van der Waals surface area contributed by atoms with Crippen LogP contribution in [0, 0.1) is 23.0 Å². The molecule has 0 aromatic heterocycles. The van der Waals surface area contributed by atoms with Crippen molar-refractivity contribution in [3.05, 3.63) is 39.4 Å². The first-order chi connectivity index (χ1) is 11.8. The van der Waals surface area contributed by atoms with E-state index in [-0.39, 0.29) is 30.4 Å². The summed E-state index contributed by atoms with van der Waals surface area (Å²) in [6.45, 7) is 7.73. The Morgan fingerprint density at radius 1 is 1.32 bits per heavy atom.